The van der Waals surface area contributed by atoms with Crippen molar-refractivity contribution in [3.05, 3.63) is 62.4 Å². The Morgan fingerprint density at radius 3 is 2.50 bits per heavy atom. The number of halogens is 1. The predicted molar refractivity (Wildman–Crippen MR) is 154 cm³/mol. The van der Waals surface area contributed by atoms with E-state index in [2.05, 4.69) is 17.2 Å². The van der Waals surface area contributed by atoms with Crippen LogP contribution in [0.3, 0.4) is 0 Å². The van der Waals surface area contributed by atoms with E-state index in [4.69, 9.17) is 16.6 Å². The summed E-state index contributed by atoms with van der Waals surface area (Å²) in [4.78, 5) is 51.3. The minimum absolute atomic E-state index is 0.0404. The average molecular weight is 567 g/mol. The van der Waals surface area contributed by atoms with Crippen molar-refractivity contribution in [1.29, 1.82) is 0 Å². The molecule has 11 heteroatoms. The van der Waals surface area contributed by atoms with E-state index in [1.165, 1.54) is 6.07 Å². The molecule has 0 aliphatic carbocycles. The molecule has 4 heterocycles. The van der Waals surface area contributed by atoms with E-state index in [-0.39, 0.29) is 40.4 Å². The fraction of sp³-hybridized carbons (Fsp3) is 0.483. The van der Waals surface area contributed by atoms with Gasteiger partial charge in [-0.25, -0.2) is 19.6 Å². The zero-order valence-corrected chi connectivity index (χ0v) is 24.0. The van der Waals surface area contributed by atoms with Gasteiger partial charge in [0, 0.05) is 44.2 Å². The zero-order valence-electron chi connectivity index (χ0n) is 23.3. The summed E-state index contributed by atoms with van der Waals surface area (Å²) in [6.07, 6.45) is 3.56. The molecule has 40 heavy (non-hydrogen) atoms. The zero-order chi connectivity index (χ0) is 28.7. The van der Waals surface area contributed by atoms with Crippen molar-refractivity contribution in [1.82, 2.24) is 24.3 Å². The number of hydrogen-bond donors (Lipinski definition) is 2. The molecule has 0 radical (unpaired) electrons. The van der Waals surface area contributed by atoms with Gasteiger partial charge in [-0.15, -0.1) is 0 Å². The number of carbonyl (C=O) groups is 2. The van der Waals surface area contributed by atoms with Crippen LogP contribution in [-0.2, 0) is 7.05 Å². The summed E-state index contributed by atoms with van der Waals surface area (Å²) in [6.45, 7) is 7.99. The van der Waals surface area contributed by atoms with Gasteiger partial charge >= 0.3 is 12.0 Å². The predicted octanol–water partition coefficient (Wildman–Crippen LogP) is 4.95. The highest BCUT2D eigenvalue weighted by Gasteiger charge is 2.33. The second-order valence-electron chi connectivity index (χ2n) is 11.0. The molecule has 1 aromatic carbocycles. The smallest absolute Gasteiger partial charge is 0.356 e. The third-order valence-corrected chi connectivity index (χ3v) is 8.43. The van der Waals surface area contributed by atoms with Gasteiger partial charge in [0.15, 0.2) is 5.69 Å². The van der Waals surface area contributed by atoms with Crippen LogP contribution in [0, 0.1) is 6.92 Å². The number of nitrogens with one attached hydrogen (secondary N) is 1. The highest BCUT2D eigenvalue weighted by Crippen LogP contribution is 2.32. The van der Waals surface area contributed by atoms with Crippen molar-refractivity contribution in [3.8, 4) is 0 Å². The lowest BCUT2D eigenvalue weighted by Crippen LogP contribution is -2.47. The Morgan fingerprint density at radius 2 is 1.85 bits per heavy atom. The van der Waals surface area contributed by atoms with Gasteiger partial charge in [0.2, 0.25) is 0 Å². The first kappa shape index (κ1) is 27.9. The molecule has 2 aliphatic rings. The van der Waals surface area contributed by atoms with Crippen molar-refractivity contribution < 1.29 is 14.7 Å². The molecule has 2 fully saturated rings. The van der Waals surface area contributed by atoms with E-state index in [0.29, 0.717) is 35.5 Å². The topological polar surface area (TPSA) is 121 Å². The number of piperidine rings is 1. The van der Waals surface area contributed by atoms with Gasteiger partial charge in [-0.2, -0.15) is 0 Å². The van der Waals surface area contributed by atoms with Crippen LogP contribution in [0.25, 0.3) is 10.9 Å². The molecule has 2 aliphatic heterocycles. The molecular weight excluding hydrogens is 532 g/mol. The first-order valence-corrected chi connectivity index (χ1v) is 14.2. The number of aryl methyl sites for hydroxylation is 1. The number of aromatic nitrogens is 3. The Bertz CT molecular complexity index is 1530. The maximum absolute atomic E-state index is 13.6. The number of amides is 2. The Kier molecular flexibility index (Phi) is 7.72. The van der Waals surface area contributed by atoms with Crippen LogP contribution in [0.4, 0.5) is 10.5 Å². The summed E-state index contributed by atoms with van der Waals surface area (Å²) < 4.78 is 1.64. The number of urea groups is 1. The Labute approximate surface area is 238 Å². The number of carboxylic acids is 1. The summed E-state index contributed by atoms with van der Waals surface area (Å²) in [5.74, 6) is -0.445. The number of pyridine rings is 1. The van der Waals surface area contributed by atoms with Crippen molar-refractivity contribution in [2.45, 2.75) is 64.5 Å². The number of benzene rings is 1. The van der Waals surface area contributed by atoms with Crippen molar-refractivity contribution in [3.63, 3.8) is 0 Å². The normalized spacial score (nSPS) is 18.8. The number of likely N-dealkylation sites (tertiary alicyclic amines) is 2. The third-order valence-electron chi connectivity index (χ3n) is 8.22. The fourth-order valence-electron chi connectivity index (χ4n) is 6.02. The Hall–Kier alpha value is -3.66. The molecule has 212 valence electrons. The van der Waals surface area contributed by atoms with E-state index in [9.17, 15) is 19.5 Å². The molecule has 5 rings (SSSR count). The maximum atomic E-state index is 13.6. The van der Waals surface area contributed by atoms with Gasteiger partial charge in [0.05, 0.1) is 22.6 Å². The van der Waals surface area contributed by atoms with Gasteiger partial charge in [-0.1, -0.05) is 17.7 Å². The summed E-state index contributed by atoms with van der Waals surface area (Å²) in [7, 11) is 1.76. The van der Waals surface area contributed by atoms with Crippen LogP contribution in [0.5, 0.6) is 0 Å². The maximum Gasteiger partial charge on any atom is 0.356 e. The van der Waals surface area contributed by atoms with Crippen LogP contribution in [0.2, 0.25) is 5.15 Å². The second-order valence-corrected chi connectivity index (χ2v) is 11.4. The number of anilines is 1. The summed E-state index contributed by atoms with van der Waals surface area (Å²) >= 11 is 5.93. The molecule has 2 amide bonds. The average Bonchev–Trinajstić information content (AvgIpc) is 3.36. The van der Waals surface area contributed by atoms with E-state index >= 15 is 0 Å². The van der Waals surface area contributed by atoms with E-state index < -0.39 is 5.97 Å². The summed E-state index contributed by atoms with van der Waals surface area (Å²) in [5, 5.41) is 13.5. The minimum atomic E-state index is -1.19. The van der Waals surface area contributed by atoms with Gasteiger partial charge in [-0.05, 0) is 70.2 Å². The summed E-state index contributed by atoms with van der Waals surface area (Å²) in [5.41, 5.74) is 2.31. The van der Waals surface area contributed by atoms with E-state index in [1.54, 1.807) is 17.7 Å². The standard InChI is InChI=1S/C29H35ClN6O4/c1-16-14-20(18(3)31-22-7-8-23(30)32-25(22)28(38)39)24-21(15-16)27(37)34(4)26(33-24)19-9-12-35(13-10-19)29(40)36-11-5-6-17(36)2/h7-8,14-15,17-19,31H,5-6,9-13H2,1-4H3,(H,38,39)/t17-,18-/m1/s1. The number of fused-ring (bicyclic) bond motifs is 1. The second kappa shape index (κ2) is 11.1. The van der Waals surface area contributed by atoms with Crippen molar-refractivity contribution in [2.24, 2.45) is 7.05 Å². The molecule has 3 aromatic rings. The van der Waals surface area contributed by atoms with Gasteiger partial charge < -0.3 is 20.2 Å². The van der Waals surface area contributed by atoms with Crippen molar-refractivity contribution >= 4 is 40.2 Å². The number of rotatable bonds is 5. The van der Waals surface area contributed by atoms with Crippen molar-refractivity contribution in [2.75, 3.05) is 25.0 Å². The van der Waals surface area contributed by atoms with Crippen LogP contribution in [-0.4, -0.2) is 67.1 Å². The quantitative estimate of drug-likeness (QED) is 0.419. The lowest BCUT2D eigenvalue weighted by atomic mass is 9.94. The molecule has 0 bridgehead atoms. The number of carbonyl (C=O) groups excluding carboxylic acids is 1. The van der Waals surface area contributed by atoms with E-state index in [1.807, 2.05) is 35.8 Å². The molecular formula is C29H35ClN6O4. The number of hydrogen-bond acceptors (Lipinski definition) is 6. The number of nitrogens with zero attached hydrogens (tertiary/aromatic N) is 5. The molecule has 0 spiro atoms. The monoisotopic (exact) mass is 566 g/mol. The third kappa shape index (κ3) is 5.24. The highest BCUT2D eigenvalue weighted by molar-refractivity contribution is 6.29. The van der Waals surface area contributed by atoms with Crippen LogP contribution in [0.15, 0.2) is 29.1 Å². The van der Waals surface area contributed by atoms with E-state index in [0.717, 1.165) is 43.4 Å². The highest BCUT2D eigenvalue weighted by atomic mass is 35.5. The Morgan fingerprint density at radius 1 is 1.12 bits per heavy atom. The number of carboxylic acid groups (broad SMARTS) is 1. The molecule has 0 saturated carbocycles. The Balaban J connectivity index is 1.45. The van der Waals surface area contributed by atoms with Crippen LogP contribution in [0.1, 0.15) is 78.9 Å². The molecule has 0 unspecified atom stereocenters. The van der Waals surface area contributed by atoms with Gasteiger partial charge in [0.25, 0.3) is 5.56 Å². The van der Waals surface area contributed by atoms with Crippen LogP contribution < -0.4 is 10.9 Å². The fourth-order valence-corrected chi connectivity index (χ4v) is 6.17. The summed E-state index contributed by atoms with van der Waals surface area (Å²) in [6, 6.07) is 6.94. The first-order chi connectivity index (χ1) is 19.0. The van der Waals surface area contributed by atoms with Gasteiger partial charge in [-0.3, -0.25) is 9.36 Å². The molecule has 2 aromatic heterocycles. The lowest BCUT2D eigenvalue weighted by molar-refractivity contribution is 0.0691. The minimum Gasteiger partial charge on any atom is -0.476 e. The molecule has 2 saturated heterocycles. The van der Waals surface area contributed by atoms with Gasteiger partial charge in [0.1, 0.15) is 11.0 Å². The largest absolute Gasteiger partial charge is 0.476 e. The van der Waals surface area contributed by atoms with Crippen LogP contribution >= 0.6 is 11.6 Å². The molecule has 2 N–H and O–H groups in total. The molecule has 10 nitrogen and oxygen atoms in total. The molecule has 2 atom stereocenters. The SMILES string of the molecule is Cc1cc([C@@H](C)Nc2ccc(Cl)nc2C(=O)O)c2nc(C3CCN(C(=O)N4CCC[C@H]4C)CC3)n(C)c(=O)c2c1. The first-order valence-electron chi connectivity index (χ1n) is 13.8. The lowest BCUT2D eigenvalue weighted by Gasteiger charge is -2.36. The number of aromatic carboxylic acids is 1.